The number of nitrogens with one attached hydrogen (secondary N) is 1. The Morgan fingerprint density at radius 3 is 2.58 bits per heavy atom. The molecule has 1 aromatic rings. The van der Waals surface area contributed by atoms with Crippen molar-refractivity contribution in [3.63, 3.8) is 0 Å². The fourth-order valence-electron chi connectivity index (χ4n) is 2.52. The number of carbonyl (C=O) groups excluding carboxylic acids is 1. The third-order valence-electron chi connectivity index (χ3n) is 4.04. The average molecular weight is 369 g/mol. The predicted octanol–water partition coefficient (Wildman–Crippen LogP) is 3.39. The number of rotatable bonds is 5. The number of thiocarbonyl (C=S) groups is 1. The van der Waals surface area contributed by atoms with Gasteiger partial charge >= 0.3 is 0 Å². The van der Waals surface area contributed by atoms with Crippen molar-refractivity contribution in [3.05, 3.63) is 18.2 Å². The summed E-state index contributed by atoms with van der Waals surface area (Å²) >= 11 is 6.86. The number of amides is 1. The van der Waals surface area contributed by atoms with Gasteiger partial charge in [-0.1, -0.05) is 30.9 Å². The minimum absolute atomic E-state index is 0.0834. The maximum absolute atomic E-state index is 12.1. The fraction of sp³-hybridized carbons (Fsp3) is 0.529. The Morgan fingerprint density at radius 2 is 1.96 bits per heavy atom. The summed E-state index contributed by atoms with van der Waals surface area (Å²) in [6.45, 7) is 4.25. The highest BCUT2D eigenvalue weighted by Gasteiger charge is 2.18. The number of piperidine rings is 1. The lowest BCUT2D eigenvalue weighted by Gasteiger charge is -2.31. The molecule has 0 bridgehead atoms. The molecule has 1 aliphatic rings. The van der Waals surface area contributed by atoms with Crippen LogP contribution in [0.5, 0.6) is 11.5 Å². The molecule has 5 nitrogen and oxygen atoms in total. The van der Waals surface area contributed by atoms with Gasteiger partial charge in [0, 0.05) is 24.8 Å². The molecule has 0 unspecified atom stereocenters. The summed E-state index contributed by atoms with van der Waals surface area (Å²) in [6.07, 6.45) is 2.33. The Labute approximate surface area is 153 Å². The van der Waals surface area contributed by atoms with Crippen molar-refractivity contribution in [2.75, 3.05) is 38.4 Å². The van der Waals surface area contributed by atoms with E-state index in [-0.39, 0.29) is 5.91 Å². The molecule has 2 rings (SSSR count). The van der Waals surface area contributed by atoms with Gasteiger partial charge in [0.05, 0.1) is 20.0 Å². The average Bonchev–Trinajstić information content (AvgIpc) is 2.60. The third kappa shape index (κ3) is 5.27. The van der Waals surface area contributed by atoms with Crippen LogP contribution in [0.4, 0.5) is 5.69 Å². The monoisotopic (exact) mass is 368 g/mol. The molecular formula is C17H24N2O3S2. The van der Waals surface area contributed by atoms with Crippen LogP contribution >= 0.6 is 24.0 Å². The molecule has 1 amide bonds. The van der Waals surface area contributed by atoms with Crippen LogP contribution in [-0.2, 0) is 4.79 Å². The molecule has 7 heteroatoms. The van der Waals surface area contributed by atoms with Gasteiger partial charge in [0.15, 0.2) is 11.5 Å². The predicted molar refractivity (Wildman–Crippen MR) is 103 cm³/mol. The molecule has 1 N–H and O–H groups in total. The number of methoxy groups -OCH3 is 2. The SMILES string of the molecule is COc1ccc(NC(=O)CSC(=S)N2CCC(C)CC2)cc1OC. The highest BCUT2D eigenvalue weighted by molar-refractivity contribution is 8.23. The van der Waals surface area contributed by atoms with E-state index in [2.05, 4.69) is 17.1 Å². The molecule has 0 aliphatic carbocycles. The molecule has 1 fully saturated rings. The second kappa shape index (κ2) is 9.13. The number of likely N-dealkylation sites (tertiary alicyclic amines) is 1. The second-order valence-corrected chi connectivity index (χ2v) is 7.45. The maximum Gasteiger partial charge on any atom is 0.234 e. The number of hydrogen-bond acceptors (Lipinski definition) is 5. The van der Waals surface area contributed by atoms with E-state index >= 15 is 0 Å². The zero-order valence-corrected chi connectivity index (χ0v) is 16.0. The summed E-state index contributed by atoms with van der Waals surface area (Å²) in [5.74, 6) is 2.20. The maximum atomic E-state index is 12.1. The first kappa shape index (κ1) is 18.9. The third-order valence-corrected chi connectivity index (χ3v) is 5.56. The molecule has 132 valence electrons. The number of hydrogen-bond donors (Lipinski definition) is 1. The van der Waals surface area contributed by atoms with E-state index in [4.69, 9.17) is 21.7 Å². The van der Waals surface area contributed by atoms with Gasteiger partial charge in [-0.2, -0.15) is 0 Å². The Kier molecular flexibility index (Phi) is 7.17. The van der Waals surface area contributed by atoms with Crippen molar-refractivity contribution in [2.45, 2.75) is 19.8 Å². The van der Waals surface area contributed by atoms with E-state index in [1.54, 1.807) is 32.4 Å². The Hall–Kier alpha value is -1.47. The van der Waals surface area contributed by atoms with Crippen molar-refractivity contribution >= 4 is 39.9 Å². The molecular weight excluding hydrogens is 344 g/mol. The van der Waals surface area contributed by atoms with Crippen molar-refractivity contribution in [1.29, 1.82) is 0 Å². The highest BCUT2D eigenvalue weighted by Crippen LogP contribution is 2.29. The second-order valence-electron chi connectivity index (χ2n) is 5.84. The standard InChI is InChI=1S/C17H24N2O3S2/c1-12-6-8-19(9-7-12)17(23)24-11-16(20)18-13-4-5-14(21-2)15(10-13)22-3/h4-5,10,12H,6-9,11H2,1-3H3,(H,18,20). The van der Waals surface area contributed by atoms with Gasteiger partial charge in [0.25, 0.3) is 0 Å². The lowest BCUT2D eigenvalue weighted by molar-refractivity contribution is -0.113. The van der Waals surface area contributed by atoms with E-state index in [1.165, 1.54) is 24.6 Å². The Bertz CT molecular complexity index is 587. The first-order chi connectivity index (χ1) is 11.5. The minimum atomic E-state index is -0.0834. The molecule has 1 aromatic carbocycles. The van der Waals surface area contributed by atoms with Crippen molar-refractivity contribution in [3.8, 4) is 11.5 Å². The number of benzene rings is 1. The van der Waals surface area contributed by atoms with Gasteiger partial charge in [-0.05, 0) is 30.9 Å². The Morgan fingerprint density at radius 1 is 1.29 bits per heavy atom. The molecule has 0 atom stereocenters. The van der Waals surface area contributed by atoms with Gasteiger partial charge < -0.3 is 19.7 Å². The summed E-state index contributed by atoms with van der Waals surface area (Å²) < 4.78 is 11.2. The van der Waals surface area contributed by atoms with Crippen LogP contribution in [0.3, 0.4) is 0 Å². The van der Waals surface area contributed by atoms with Gasteiger partial charge in [0.1, 0.15) is 4.32 Å². The topological polar surface area (TPSA) is 50.8 Å². The number of ether oxygens (including phenoxy) is 2. The van der Waals surface area contributed by atoms with Gasteiger partial charge in [0.2, 0.25) is 5.91 Å². The van der Waals surface area contributed by atoms with Crippen LogP contribution in [-0.4, -0.2) is 48.2 Å². The summed E-state index contributed by atoms with van der Waals surface area (Å²) in [5.41, 5.74) is 0.677. The summed E-state index contributed by atoms with van der Waals surface area (Å²) in [4.78, 5) is 14.3. The molecule has 0 aromatic heterocycles. The number of thioether (sulfide) groups is 1. The number of carbonyl (C=O) groups is 1. The zero-order chi connectivity index (χ0) is 17.5. The van der Waals surface area contributed by atoms with Crippen molar-refractivity contribution in [2.24, 2.45) is 5.92 Å². The normalized spacial score (nSPS) is 15.0. The smallest absolute Gasteiger partial charge is 0.234 e. The van der Waals surface area contributed by atoms with Gasteiger partial charge in [-0.3, -0.25) is 4.79 Å². The van der Waals surface area contributed by atoms with E-state index in [0.29, 0.717) is 22.9 Å². The number of nitrogens with zero attached hydrogens (tertiary/aromatic N) is 1. The Balaban J connectivity index is 1.82. The van der Waals surface area contributed by atoms with Crippen molar-refractivity contribution < 1.29 is 14.3 Å². The van der Waals surface area contributed by atoms with Crippen LogP contribution in [0.25, 0.3) is 0 Å². The lowest BCUT2D eigenvalue weighted by atomic mass is 10.00. The summed E-state index contributed by atoms with van der Waals surface area (Å²) in [7, 11) is 3.15. The summed E-state index contributed by atoms with van der Waals surface area (Å²) in [6, 6.07) is 5.29. The number of anilines is 1. The minimum Gasteiger partial charge on any atom is -0.493 e. The molecule has 1 heterocycles. The van der Waals surface area contributed by atoms with Crippen LogP contribution in [0, 0.1) is 5.92 Å². The zero-order valence-electron chi connectivity index (χ0n) is 14.3. The van der Waals surface area contributed by atoms with Crippen LogP contribution < -0.4 is 14.8 Å². The first-order valence-electron chi connectivity index (χ1n) is 7.97. The lowest BCUT2D eigenvalue weighted by Crippen LogP contribution is -2.36. The molecule has 0 saturated carbocycles. The first-order valence-corrected chi connectivity index (χ1v) is 9.36. The van der Waals surface area contributed by atoms with Crippen molar-refractivity contribution in [1.82, 2.24) is 4.90 Å². The van der Waals surface area contributed by atoms with Gasteiger partial charge in [-0.25, -0.2) is 0 Å². The van der Waals surface area contributed by atoms with E-state index in [9.17, 15) is 4.79 Å². The quantitative estimate of drug-likeness (QED) is 0.804. The fourth-order valence-corrected chi connectivity index (χ4v) is 3.57. The van der Waals surface area contributed by atoms with E-state index in [0.717, 1.165) is 23.3 Å². The summed E-state index contributed by atoms with van der Waals surface area (Å²) in [5, 5.41) is 2.86. The molecule has 1 aliphatic heterocycles. The highest BCUT2D eigenvalue weighted by atomic mass is 32.2. The molecule has 1 saturated heterocycles. The molecule has 0 radical (unpaired) electrons. The van der Waals surface area contributed by atoms with E-state index in [1.807, 2.05) is 0 Å². The largest absolute Gasteiger partial charge is 0.493 e. The van der Waals surface area contributed by atoms with E-state index < -0.39 is 0 Å². The molecule has 24 heavy (non-hydrogen) atoms. The van der Waals surface area contributed by atoms with Crippen LogP contribution in [0.15, 0.2) is 18.2 Å². The van der Waals surface area contributed by atoms with Gasteiger partial charge in [-0.15, -0.1) is 0 Å². The van der Waals surface area contributed by atoms with Crippen LogP contribution in [0.1, 0.15) is 19.8 Å². The molecule has 0 spiro atoms. The van der Waals surface area contributed by atoms with Crippen LogP contribution in [0.2, 0.25) is 0 Å².